The van der Waals surface area contributed by atoms with E-state index in [0.29, 0.717) is 18.6 Å². The molecule has 1 aliphatic heterocycles. The first-order valence-electron chi connectivity index (χ1n) is 4.77. The zero-order chi connectivity index (χ0) is 11.8. The lowest BCUT2D eigenvalue weighted by Crippen LogP contribution is -2.25. The predicted octanol–water partition coefficient (Wildman–Crippen LogP) is 1.22. The molecule has 4 nitrogen and oxygen atoms in total. The van der Waals surface area contributed by atoms with E-state index in [4.69, 9.17) is 15.4 Å². The van der Waals surface area contributed by atoms with Crippen molar-refractivity contribution in [2.75, 3.05) is 13.2 Å². The van der Waals surface area contributed by atoms with Gasteiger partial charge in [0, 0.05) is 23.7 Å². The van der Waals surface area contributed by atoms with E-state index < -0.39 is 14.7 Å². The first-order chi connectivity index (χ1) is 7.42. The zero-order valence-electron chi connectivity index (χ0n) is 8.39. The van der Waals surface area contributed by atoms with E-state index >= 15 is 0 Å². The Morgan fingerprint density at radius 2 is 2.19 bits per heavy atom. The van der Waals surface area contributed by atoms with Gasteiger partial charge in [-0.1, -0.05) is 12.1 Å². The van der Waals surface area contributed by atoms with Crippen molar-refractivity contribution in [3.63, 3.8) is 0 Å². The smallest absolute Gasteiger partial charge is 0.261 e. The van der Waals surface area contributed by atoms with Gasteiger partial charge in [-0.25, -0.2) is 8.42 Å². The summed E-state index contributed by atoms with van der Waals surface area (Å²) in [5.41, 5.74) is -0.579. The van der Waals surface area contributed by atoms with Crippen LogP contribution in [0.1, 0.15) is 12.0 Å². The van der Waals surface area contributed by atoms with Crippen LogP contribution in [0.4, 0.5) is 0 Å². The van der Waals surface area contributed by atoms with Crippen LogP contribution in [0.3, 0.4) is 0 Å². The van der Waals surface area contributed by atoms with Gasteiger partial charge in [0.05, 0.1) is 11.5 Å². The Kier molecular flexibility index (Phi) is 2.96. The highest BCUT2D eigenvalue weighted by Gasteiger charge is 2.34. The number of rotatable bonds is 2. The number of benzene rings is 1. The van der Waals surface area contributed by atoms with E-state index in [2.05, 4.69) is 0 Å². The molecule has 1 saturated heterocycles. The molecule has 88 valence electrons. The molecule has 0 bridgehead atoms. The van der Waals surface area contributed by atoms with Gasteiger partial charge >= 0.3 is 0 Å². The molecule has 1 aromatic rings. The molecule has 16 heavy (non-hydrogen) atoms. The maximum Gasteiger partial charge on any atom is 0.261 e. The van der Waals surface area contributed by atoms with Crippen molar-refractivity contribution in [1.29, 1.82) is 0 Å². The van der Waals surface area contributed by atoms with Gasteiger partial charge < -0.3 is 9.84 Å². The summed E-state index contributed by atoms with van der Waals surface area (Å²) in [5.74, 6) is 0. The molecule has 2 rings (SSSR count). The lowest BCUT2D eigenvalue weighted by Gasteiger charge is -2.21. The molecule has 1 N–H and O–H groups in total. The summed E-state index contributed by atoms with van der Waals surface area (Å²) in [4.78, 5) is -0.00742. The van der Waals surface area contributed by atoms with E-state index in [0.717, 1.165) is 0 Å². The molecule has 6 heteroatoms. The van der Waals surface area contributed by atoms with Crippen molar-refractivity contribution in [2.24, 2.45) is 0 Å². The Morgan fingerprint density at radius 3 is 2.75 bits per heavy atom. The van der Waals surface area contributed by atoms with E-state index in [-0.39, 0.29) is 11.5 Å². The summed E-state index contributed by atoms with van der Waals surface area (Å²) in [6, 6.07) is 6.00. The van der Waals surface area contributed by atoms with Gasteiger partial charge in [0.1, 0.15) is 5.60 Å². The normalized spacial score (nSPS) is 25.9. The fraction of sp³-hybridized carbons (Fsp3) is 0.400. The molecule has 1 atom stereocenters. The van der Waals surface area contributed by atoms with Crippen LogP contribution in [0.25, 0.3) is 0 Å². The molecule has 0 amide bonds. The molecule has 1 aliphatic rings. The van der Waals surface area contributed by atoms with Gasteiger partial charge in [-0.05, 0) is 17.7 Å². The second-order valence-electron chi connectivity index (χ2n) is 3.80. The van der Waals surface area contributed by atoms with Crippen molar-refractivity contribution < 1.29 is 18.3 Å². The van der Waals surface area contributed by atoms with E-state index in [1.807, 2.05) is 0 Å². The zero-order valence-corrected chi connectivity index (χ0v) is 9.96. The quantitative estimate of drug-likeness (QED) is 0.814. The van der Waals surface area contributed by atoms with E-state index in [1.54, 1.807) is 12.1 Å². The lowest BCUT2D eigenvalue weighted by molar-refractivity contribution is 0.0230. The van der Waals surface area contributed by atoms with Gasteiger partial charge in [0.15, 0.2) is 0 Å². The monoisotopic (exact) mass is 262 g/mol. The Bertz CT molecular complexity index is 491. The van der Waals surface area contributed by atoms with Gasteiger partial charge in [-0.15, -0.1) is 0 Å². The molecular weight excluding hydrogens is 252 g/mol. The summed E-state index contributed by atoms with van der Waals surface area (Å²) < 4.78 is 27.4. The fourth-order valence-corrected chi connectivity index (χ4v) is 2.52. The molecule has 0 aliphatic carbocycles. The summed E-state index contributed by atoms with van der Waals surface area (Å²) in [6.45, 7) is 0.646. The molecule has 0 spiro atoms. The largest absolute Gasteiger partial charge is 0.383 e. The molecule has 0 saturated carbocycles. The maximum absolute atomic E-state index is 11.2. The van der Waals surface area contributed by atoms with Crippen LogP contribution in [0.5, 0.6) is 0 Å². The van der Waals surface area contributed by atoms with Crippen LogP contribution in [-0.4, -0.2) is 26.7 Å². The SMILES string of the molecule is O=S(=O)(Cl)c1cccc(C2(O)CCOC2)c1. The van der Waals surface area contributed by atoms with Gasteiger partial charge in [-0.3, -0.25) is 0 Å². The second-order valence-corrected chi connectivity index (χ2v) is 6.37. The summed E-state index contributed by atoms with van der Waals surface area (Å²) in [7, 11) is 1.48. The first-order valence-corrected chi connectivity index (χ1v) is 7.08. The minimum absolute atomic E-state index is 0.00742. The van der Waals surface area contributed by atoms with Gasteiger partial charge in [0.25, 0.3) is 9.05 Å². The molecular formula is C10H11ClO4S. The Morgan fingerprint density at radius 1 is 1.44 bits per heavy atom. The number of hydrogen-bond acceptors (Lipinski definition) is 4. The van der Waals surface area contributed by atoms with Crippen molar-refractivity contribution in [1.82, 2.24) is 0 Å². The van der Waals surface area contributed by atoms with Crippen molar-refractivity contribution >= 4 is 19.7 Å². The Balaban J connectivity index is 2.44. The molecule has 1 heterocycles. The average Bonchev–Trinajstić information content (AvgIpc) is 2.66. The van der Waals surface area contributed by atoms with Crippen molar-refractivity contribution in [3.8, 4) is 0 Å². The molecule has 1 aromatic carbocycles. The minimum Gasteiger partial charge on any atom is -0.383 e. The standard InChI is InChI=1S/C10H11ClO4S/c11-16(13,14)9-3-1-2-8(6-9)10(12)4-5-15-7-10/h1-3,6,12H,4-5,7H2. The third-order valence-corrected chi connectivity index (χ3v) is 4.01. The number of hydrogen-bond donors (Lipinski definition) is 1. The fourth-order valence-electron chi connectivity index (χ4n) is 1.72. The van der Waals surface area contributed by atoms with Crippen LogP contribution in [0.2, 0.25) is 0 Å². The van der Waals surface area contributed by atoms with Crippen molar-refractivity contribution in [2.45, 2.75) is 16.9 Å². The highest BCUT2D eigenvalue weighted by Crippen LogP contribution is 2.31. The average molecular weight is 263 g/mol. The summed E-state index contributed by atoms with van der Waals surface area (Å²) in [6.07, 6.45) is 0.457. The van der Waals surface area contributed by atoms with Gasteiger partial charge in [0.2, 0.25) is 0 Å². The van der Waals surface area contributed by atoms with E-state index in [9.17, 15) is 13.5 Å². The topological polar surface area (TPSA) is 63.6 Å². The summed E-state index contributed by atoms with van der Waals surface area (Å²) >= 11 is 0. The molecule has 0 aromatic heterocycles. The van der Waals surface area contributed by atoms with Crippen LogP contribution in [0.15, 0.2) is 29.2 Å². The second kappa shape index (κ2) is 4.00. The van der Waals surface area contributed by atoms with Crippen LogP contribution in [-0.2, 0) is 19.4 Å². The van der Waals surface area contributed by atoms with Crippen LogP contribution >= 0.6 is 10.7 Å². The summed E-state index contributed by atoms with van der Waals surface area (Å²) in [5, 5.41) is 10.2. The predicted molar refractivity (Wildman–Crippen MR) is 58.8 cm³/mol. The Labute approximate surface area is 98.2 Å². The third kappa shape index (κ3) is 2.22. The number of halogens is 1. The third-order valence-electron chi connectivity index (χ3n) is 2.65. The lowest BCUT2D eigenvalue weighted by atomic mass is 9.93. The Hall–Kier alpha value is -0.620. The van der Waals surface area contributed by atoms with Crippen LogP contribution < -0.4 is 0 Å². The highest BCUT2D eigenvalue weighted by molar-refractivity contribution is 8.13. The van der Waals surface area contributed by atoms with Gasteiger partial charge in [-0.2, -0.15) is 0 Å². The molecule has 1 unspecified atom stereocenters. The van der Waals surface area contributed by atoms with Crippen LogP contribution in [0, 0.1) is 0 Å². The minimum atomic E-state index is -3.76. The number of aliphatic hydroxyl groups is 1. The maximum atomic E-state index is 11.2. The molecule has 0 radical (unpaired) electrons. The molecule has 1 fully saturated rings. The highest BCUT2D eigenvalue weighted by atomic mass is 35.7. The van der Waals surface area contributed by atoms with E-state index in [1.165, 1.54) is 12.1 Å². The van der Waals surface area contributed by atoms with Crippen molar-refractivity contribution in [3.05, 3.63) is 29.8 Å². The first kappa shape index (κ1) is 11.9. The number of ether oxygens (including phenoxy) is 1.